The Hall–Kier alpha value is -3.55. The number of benzene rings is 2. The highest BCUT2D eigenvalue weighted by molar-refractivity contribution is 6.06. The Morgan fingerprint density at radius 2 is 1.52 bits per heavy atom. The summed E-state index contributed by atoms with van der Waals surface area (Å²) >= 11 is 0. The van der Waals surface area contributed by atoms with Crippen molar-refractivity contribution >= 4 is 11.5 Å². The molecule has 1 aliphatic carbocycles. The number of cyclic esters (lactones) is 1. The number of ether oxygens (including phenoxy) is 7. The maximum absolute atomic E-state index is 12.8. The van der Waals surface area contributed by atoms with Crippen molar-refractivity contribution in [2.24, 2.45) is 5.92 Å². The quantitative estimate of drug-likeness (QED) is 0.675. The second-order valence-corrected chi connectivity index (χ2v) is 7.38. The second kappa shape index (κ2) is 7.30. The molecule has 8 heteroatoms. The number of rotatable bonds is 5. The van der Waals surface area contributed by atoms with Crippen LogP contribution in [0.2, 0.25) is 0 Å². The fourth-order valence-corrected chi connectivity index (χ4v) is 4.57. The van der Waals surface area contributed by atoms with Crippen molar-refractivity contribution in [3.63, 3.8) is 0 Å². The number of carbonyl (C=O) groups is 1. The number of hydrogen-bond donors (Lipinski definition) is 0. The van der Waals surface area contributed by atoms with Crippen LogP contribution in [0, 0.1) is 5.92 Å². The molecule has 0 aromatic heterocycles. The molecule has 0 spiro atoms. The third kappa shape index (κ3) is 2.78. The van der Waals surface area contributed by atoms with Crippen molar-refractivity contribution in [2.45, 2.75) is 6.42 Å². The maximum atomic E-state index is 12.8. The molecule has 162 valence electrons. The minimum Gasteiger partial charge on any atom is -0.493 e. The predicted molar refractivity (Wildman–Crippen MR) is 109 cm³/mol. The van der Waals surface area contributed by atoms with Crippen molar-refractivity contribution in [3.05, 3.63) is 40.5 Å². The lowest BCUT2D eigenvalue weighted by Crippen LogP contribution is -2.18. The van der Waals surface area contributed by atoms with Gasteiger partial charge < -0.3 is 33.2 Å². The number of methoxy groups -OCH3 is 4. The molecule has 2 aromatic rings. The third-order valence-electron chi connectivity index (χ3n) is 5.89. The first-order valence-electron chi connectivity index (χ1n) is 9.82. The summed E-state index contributed by atoms with van der Waals surface area (Å²) in [7, 11) is 6.25. The van der Waals surface area contributed by atoms with Crippen LogP contribution in [0.4, 0.5) is 0 Å². The van der Waals surface area contributed by atoms with Crippen LogP contribution in [0.1, 0.15) is 16.7 Å². The molecular formula is C23H22O8. The summed E-state index contributed by atoms with van der Waals surface area (Å²) in [5.41, 5.74) is 3.86. The van der Waals surface area contributed by atoms with Gasteiger partial charge in [0.05, 0.1) is 40.6 Å². The summed E-state index contributed by atoms with van der Waals surface area (Å²) < 4.78 is 39.0. The first-order valence-corrected chi connectivity index (χ1v) is 9.82. The summed E-state index contributed by atoms with van der Waals surface area (Å²) in [4.78, 5) is 12.8. The first-order chi connectivity index (χ1) is 15.1. The summed E-state index contributed by atoms with van der Waals surface area (Å²) in [6.45, 7) is 0.409. The van der Waals surface area contributed by atoms with E-state index in [4.69, 9.17) is 33.2 Å². The Bertz CT molecular complexity index is 1090. The number of esters is 1. The monoisotopic (exact) mass is 426 g/mol. The van der Waals surface area contributed by atoms with E-state index in [2.05, 4.69) is 0 Å². The van der Waals surface area contributed by atoms with E-state index in [0.717, 1.165) is 22.3 Å². The van der Waals surface area contributed by atoms with Crippen LogP contribution in [0.15, 0.2) is 23.8 Å². The second-order valence-electron chi connectivity index (χ2n) is 7.38. The molecule has 0 saturated carbocycles. The molecular weight excluding hydrogens is 404 g/mol. The topological polar surface area (TPSA) is 81.7 Å². The minimum atomic E-state index is -0.331. The van der Waals surface area contributed by atoms with Gasteiger partial charge in [-0.3, -0.25) is 0 Å². The highest BCUT2D eigenvalue weighted by Crippen LogP contribution is 2.54. The fraction of sp³-hybridized carbons (Fsp3) is 0.348. The van der Waals surface area contributed by atoms with Crippen LogP contribution < -0.4 is 28.4 Å². The Labute approximate surface area is 179 Å². The molecule has 0 N–H and O–H groups in total. The average Bonchev–Trinajstić information content (AvgIpc) is 3.43. The van der Waals surface area contributed by atoms with Gasteiger partial charge in [-0.05, 0) is 35.7 Å². The van der Waals surface area contributed by atoms with Crippen molar-refractivity contribution in [1.29, 1.82) is 0 Å². The van der Waals surface area contributed by atoms with Gasteiger partial charge in [0, 0.05) is 17.1 Å². The maximum Gasteiger partial charge on any atom is 0.335 e. The largest absolute Gasteiger partial charge is 0.493 e. The summed E-state index contributed by atoms with van der Waals surface area (Å²) in [6.07, 6.45) is 0.636. The molecule has 1 atom stereocenters. The zero-order valence-corrected chi connectivity index (χ0v) is 17.7. The molecule has 1 fully saturated rings. The van der Waals surface area contributed by atoms with Crippen LogP contribution >= 0.6 is 0 Å². The van der Waals surface area contributed by atoms with Crippen molar-refractivity contribution in [1.82, 2.24) is 0 Å². The standard InChI is InChI=1S/C23H22O8/c1-25-14-7-12(8-15(26-2)20(14)28-4)17-18-11(5-13-9-29-23(24)19(13)17)6-16(27-3)21-22(18)31-10-30-21/h6-8,13H,5,9-10H2,1-4H3. The van der Waals surface area contributed by atoms with Crippen LogP contribution in [0.5, 0.6) is 34.5 Å². The minimum absolute atomic E-state index is 0.0702. The lowest BCUT2D eigenvalue weighted by molar-refractivity contribution is -0.135. The molecule has 0 bridgehead atoms. The molecule has 2 heterocycles. The number of carbonyl (C=O) groups excluding carboxylic acids is 1. The SMILES string of the molecule is COc1cc(C2=C3C(=O)OCC3Cc3cc(OC)c4c(c32)OCO4)cc(OC)c1OC. The zero-order valence-electron chi connectivity index (χ0n) is 17.7. The normalized spacial score (nSPS) is 18.3. The van der Waals surface area contributed by atoms with E-state index in [1.165, 1.54) is 0 Å². The molecule has 2 aromatic carbocycles. The van der Waals surface area contributed by atoms with Gasteiger partial charge in [-0.15, -0.1) is 0 Å². The predicted octanol–water partition coefficient (Wildman–Crippen LogP) is 2.98. The smallest absolute Gasteiger partial charge is 0.335 e. The van der Waals surface area contributed by atoms with Crippen LogP contribution in [0.3, 0.4) is 0 Å². The summed E-state index contributed by atoms with van der Waals surface area (Å²) in [5.74, 6) is 2.73. The Kier molecular flexibility index (Phi) is 4.57. The number of fused-ring (bicyclic) bond motifs is 4. The highest BCUT2D eigenvalue weighted by Gasteiger charge is 2.42. The summed E-state index contributed by atoms with van der Waals surface area (Å²) in [6, 6.07) is 5.60. The Morgan fingerprint density at radius 1 is 0.839 bits per heavy atom. The molecule has 31 heavy (non-hydrogen) atoms. The average molecular weight is 426 g/mol. The van der Waals surface area contributed by atoms with Crippen molar-refractivity contribution in [2.75, 3.05) is 41.8 Å². The zero-order chi connectivity index (χ0) is 21.7. The third-order valence-corrected chi connectivity index (χ3v) is 5.89. The van der Waals surface area contributed by atoms with Crippen molar-refractivity contribution in [3.8, 4) is 34.5 Å². The molecule has 0 amide bonds. The van der Waals surface area contributed by atoms with E-state index < -0.39 is 0 Å². The Morgan fingerprint density at radius 3 is 2.16 bits per heavy atom. The van der Waals surface area contributed by atoms with Crippen LogP contribution in [-0.4, -0.2) is 47.8 Å². The molecule has 5 rings (SSSR count). The van der Waals surface area contributed by atoms with E-state index in [0.29, 0.717) is 53.1 Å². The molecule has 0 radical (unpaired) electrons. The molecule has 1 unspecified atom stereocenters. The number of hydrogen-bond acceptors (Lipinski definition) is 8. The van der Waals surface area contributed by atoms with E-state index in [-0.39, 0.29) is 18.7 Å². The highest BCUT2D eigenvalue weighted by atomic mass is 16.7. The lowest BCUT2D eigenvalue weighted by Gasteiger charge is -2.26. The molecule has 8 nitrogen and oxygen atoms in total. The van der Waals surface area contributed by atoms with Gasteiger partial charge in [0.2, 0.25) is 18.3 Å². The van der Waals surface area contributed by atoms with Gasteiger partial charge >= 0.3 is 5.97 Å². The van der Waals surface area contributed by atoms with Gasteiger partial charge in [0.25, 0.3) is 0 Å². The van der Waals surface area contributed by atoms with E-state index in [1.54, 1.807) is 28.4 Å². The Balaban J connectivity index is 1.83. The van der Waals surface area contributed by atoms with Crippen LogP contribution in [0.25, 0.3) is 5.57 Å². The van der Waals surface area contributed by atoms with Gasteiger partial charge in [0.1, 0.15) is 0 Å². The molecule has 3 aliphatic rings. The van der Waals surface area contributed by atoms with Gasteiger partial charge in [0.15, 0.2) is 23.0 Å². The van der Waals surface area contributed by atoms with Gasteiger partial charge in [-0.25, -0.2) is 4.79 Å². The van der Waals surface area contributed by atoms with Gasteiger partial charge in [-0.2, -0.15) is 0 Å². The first kappa shape index (κ1) is 19.4. The van der Waals surface area contributed by atoms with E-state index in [9.17, 15) is 4.79 Å². The molecule has 2 aliphatic heterocycles. The van der Waals surface area contributed by atoms with Gasteiger partial charge in [-0.1, -0.05) is 0 Å². The summed E-state index contributed by atoms with van der Waals surface area (Å²) in [5, 5.41) is 0. The lowest BCUT2D eigenvalue weighted by atomic mass is 9.76. The van der Waals surface area contributed by atoms with E-state index >= 15 is 0 Å². The molecule has 1 saturated heterocycles. The fourth-order valence-electron chi connectivity index (χ4n) is 4.57. The van der Waals surface area contributed by atoms with Crippen molar-refractivity contribution < 1.29 is 38.0 Å². The van der Waals surface area contributed by atoms with Crippen LogP contribution in [-0.2, 0) is 16.0 Å². The van der Waals surface area contributed by atoms with E-state index in [1.807, 2.05) is 18.2 Å².